The molecule has 0 aliphatic carbocycles. The Labute approximate surface area is 137 Å². The molecular formula is C18H24N2O3. The van der Waals surface area contributed by atoms with Crippen LogP contribution in [0.15, 0.2) is 30.3 Å². The van der Waals surface area contributed by atoms with Gasteiger partial charge in [0.15, 0.2) is 0 Å². The van der Waals surface area contributed by atoms with Gasteiger partial charge >= 0.3 is 6.09 Å². The standard InChI is InChI=1S/C18H24N2O3/c1-17(2,3)23-16(21)20-11-9-18(22,10-12-20)15(13-19)14-7-5-4-6-8-14/h4-8,15,22H,9-12H2,1-3H3. The molecule has 1 heterocycles. The maximum absolute atomic E-state index is 12.1. The lowest BCUT2D eigenvalue weighted by Crippen LogP contribution is -2.50. The van der Waals surface area contributed by atoms with Gasteiger partial charge < -0.3 is 14.7 Å². The molecule has 2 rings (SSSR count). The Kier molecular flexibility index (Phi) is 4.96. The average molecular weight is 316 g/mol. The van der Waals surface area contributed by atoms with Crippen LogP contribution in [-0.4, -0.2) is 40.4 Å². The van der Waals surface area contributed by atoms with Crippen molar-refractivity contribution in [3.05, 3.63) is 35.9 Å². The lowest BCUT2D eigenvalue weighted by molar-refractivity contribution is -0.0387. The van der Waals surface area contributed by atoms with Gasteiger partial charge in [-0.1, -0.05) is 30.3 Å². The van der Waals surface area contributed by atoms with Crippen molar-refractivity contribution in [3.63, 3.8) is 0 Å². The first-order valence-electron chi connectivity index (χ1n) is 7.90. The second-order valence-corrected chi connectivity index (χ2v) is 7.04. The summed E-state index contributed by atoms with van der Waals surface area (Å²) in [5, 5.41) is 20.4. The number of carbonyl (C=O) groups excluding carboxylic acids is 1. The molecule has 1 aromatic rings. The largest absolute Gasteiger partial charge is 0.444 e. The summed E-state index contributed by atoms with van der Waals surface area (Å²) < 4.78 is 5.36. The van der Waals surface area contributed by atoms with E-state index in [1.165, 1.54) is 0 Å². The number of benzene rings is 1. The molecule has 0 aromatic heterocycles. The molecule has 5 nitrogen and oxygen atoms in total. The molecule has 124 valence electrons. The topological polar surface area (TPSA) is 73.6 Å². The van der Waals surface area contributed by atoms with E-state index in [0.717, 1.165) is 5.56 Å². The highest BCUT2D eigenvalue weighted by Crippen LogP contribution is 2.36. The Morgan fingerprint density at radius 1 is 1.30 bits per heavy atom. The SMILES string of the molecule is CC(C)(C)OC(=O)N1CCC(O)(C(C#N)c2ccccc2)CC1. The van der Waals surface area contributed by atoms with Crippen LogP contribution in [0.1, 0.15) is 45.1 Å². The van der Waals surface area contributed by atoms with Crippen molar-refractivity contribution in [2.45, 2.75) is 50.7 Å². The summed E-state index contributed by atoms with van der Waals surface area (Å²) >= 11 is 0. The van der Waals surface area contributed by atoms with Crippen molar-refractivity contribution >= 4 is 6.09 Å². The van der Waals surface area contributed by atoms with Gasteiger partial charge in [0.25, 0.3) is 0 Å². The van der Waals surface area contributed by atoms with Crippen LogP contribution in [0.3, 0.4) is 0 Å². The predicted octanol–water partition coefficient (Wildman–Crippen LogP) is 3.06. The number of carbonyl (C=O) groups is 1. The van der Waals surface area contributed by atoms with Crippen molar-refractivity contribution in [1.29, 1.82) is 5.26 Å². The van der Waals surface area contributed by atoms with Crippen LogP contribution in [0.5, 0.6) is 0 Å². The Bertz CT molecular complexity index is 579. The van der Waals surface area contributed by atoms with Crippen molar-refractivity contribution in [2.24, 2.45) is 0 Å². The first-order chi connectivity index (χ1) is 10.7. The number of piperidine rings is 1. The number of hydrogen-bond acceptors (Lipinski definition) is 4. The van der Waals surface area contributed by atoms with Gasteiger partial charge in [0.2, 0.25) is 0 Å². The molecule has 23 heavy (non-hydrogen) atoms. The molecule has 1 amide bonds. The molecule has 0 bridgehead atoms. The van der Waals surface area contributed by atoms with E-state index in [2.05, 4.69) is 6.07 Å². The highest BCUT2D eigenvalue weighted by molar-refractivity contribution is 5.68. The van der Waals surface area contributed by atoms with E-state index in [1.54, 1.807) is 4.90 Å². The van der Waals surface area contributed by atoms with Crippen molar-refractivity contribution < 1.29 is 14.6 Å². The van der Waals surface area contributed by atoms with Crippen molar-refractivity contribution in [1.82, 2.24) is 4.90 Å². The smallest absolute Gasteiger partial charge is 0.410 e. The summed E-state index contributed by atoms with van der Waals surface area (Å²) in [5.74, 6) is -0.593. The minimum absolute atomic E-state index is 0.360. The highest BCUT2D eigenvalue weighted by Gasteiger charge is 2.42. The normalized spacial score (nSPS) is 18.8. The molecule has 0 radical (unpaired) electrons. The zero-order chi connectivity index (χ0) is 17.1. The van der Waals surface area contributed by atoms with Crippen LogP contribution in [0.4, 0.5) is 4.79 Å². The molecule has 1 unspecified atom stereocenters. The molecule has 0 spiro atoms. The molecule has 1 N–H and O–H groups in total. The van der Waals surface area contributed by atoms with Crippen LogP contribution in [-0.2, 0) is 4.74 Å². The van der Waals surface area contributed by atoms with Gasteiger partial charge in [-0.3, -0.25) is 0 Å². The molecule has 1 aliphatic rings. The van der Waals surface area contributed by atoms with Crippen LogP contribution < -0.4 is 0 Å². The fourth-order valence-electron chi connectivity index (χ4n) is 2.84. The fourth-order valence-corrected chi connectivity index (χ4v) is 2.84. The van der Waals surface area contributed by atoms with E-state index >= 15 is 0 Å². The third-order valence-corrected chi connectivity index (χ3v) is 4.08. The van der Waals surface area contributed by atoms with Crippen molar-refractivity contribution in [3.8, 4) is 6.07 Å². The number of nitriles is 1. The molecule has 1 aromatic carbocycles. The quantitative estimate of drug-likeness (QED) is 0.910. The van der Waals surface area contributed by atoms with Crippen LogP contribution >= 0.6 is 0 Å². The minimum Gasteiger partial charge on any atom is -0.444 e. The highest BCUT2D eigenvalue weighted by atomic mass is 16.6. The molecular weight excluding hydrogens is 292 g/mol. The van der Waals surface area contributed by atoms with Gasteiger partial charge in [0.05, 0.1) is 11.7 Å². The van der Waals surface area contributed by atoms with E-state index in [0.29, 0.717) is 25.9 Å². The first-order valence-corrected chi connectivity index (χ1v) is 7.90. The molecule has 1 fully saturated rings. The molecule has 1 saturated heterocycles. The zero-order valence-corrected chi connectivity index (χ0v) is 14.0. The Morgan fingerprint density at radius 3 is 2.35 bits per heavy atom. The first kappa shape index (κ1) is 17.3. The Balaban J connectivity index is 2.04. The second-order valence-electron chi connectivity index (χ2n) is 7.04. The van der Waals surface area contributed by atoms with Crippen LogP contribution in [0.25, 0.3) is 0 Å². The lowest BCUT2D eigenvalue weighted by atomic mass is 9.76. The third-order valence-electron chi connectivity index (χ3n) is 4.08. The molecule has 1 aliphatic heterocycles. The summed E-state index contributed by atoms with van der Waals surface area (Å²) in [5.41, 5.74) is -0.846. The Morgan fingerprint density at radius 2 is 1.87 bits per heavy atom. The number of nitrogens with zero attached hydrogens (tertiary/aromatic N) is 2. The van der Waals surface area contributed by atoms with Gasteiger partial charge in [0, 0.05) is 13.1 Å². The summed E-state index contributed by atoms with van der Waals surface area (Å²) in [6, 6.07) is 11.5. The number of aliphatic hydroxyl groups is 1. The van der Waals surface area contributed by atoms with Crippen LogP contribution in [0, 0.1) is 11.3 Å². The monoisotopic (exact) mass is 316 g/mol. The maximum Gasteiger partial charge on any atom is 0.410 e. The molecule has 5 heteroatoms. The fraction of sp³-hybridized carbons (Fsp3) is 0.556. The predicted molar refractivity (Wildman–Crippen MR) is 86.8 cm³/mol. The van der Waals surface area contributed by atoms with Gasteiger partial charge in [-0.2, -0.15) is 5.26 Å². The Hall–Kier alpha value is -2.06. The molecule has 0 saturated carbocycles. The summed E-state index contributed by atoms with van der Waals surface area (Å²) in [6.07, 6.45) is 0.353. The molecule has 1 atom stereocenters. The summed E-state index contributed by atoms with van der Waals surface area (Å²) in [7, 11) is 0. The van der Waals surface area contributed by atoms with E-state index in [1.807, 2.05) is 51.1 Å². The summed E-state index contributed by atoms with van der Waals surface area (Å²) in [6.45, 7) is 6.25. The number of amides is 1. The van der Waals surface area contributed by atoms with Crippen LogP contribution in [0.2, 0.25) is 0 Å². The second kappa shape index (κ2) is 6.59. The van der Waals surface area contributed by atoms with E-state index < -0.39 is 17.1 Å². The summed E-state index contributed by atoms with van der Waals surface area (Å²) in [4.78, 5) is 13.7. The number of rotatable bonds is 2. The van der Waals surface area contributed by atoms with E-state index in [4.69, 9.17) is 4.74 Å². The van der Waals surface area contributed by atoms with Gasteiger partial charge in [-0.05, 0) is 39.2 Å². The average Bonchev–Trinajstić information content (AvgIpc) is 2.47. The van der Waals surface area contributed by atoms with Gasteiger partial charge in [-0.25, -0.2) is 4.79 Å². The number of ether oxygens (including phenoxy) is 1. The van der Waals surface area contributed by atoms with Crippen molar-refractivity contribution in [2.75, 3.05) is 13.1 Å². The zero-order valence-electron chi connectivity index (χ0n) is 14.0. The lowest BCUT2D eigenvalue weighted by Gasteiger charge is -2.40. The number of likely N-dealkylation sites (tertiary alicyclic amines) is 1. The third kappa shape index (κ3) is 4.23. The van der Waals surface area contributed by atoms with E-state index in [-0.39, 0.29) is 6.09 Å². The minimum atomic E-state index is -1.12. The van der Waals surface area contributed by atoms with E-state index in [9.17, 15) is 15.2 Å². The van der Waals surface area contributed by atoms with Gasteiger partial charge in [0.1, 0.15) is 11.5 Å². The number of hydrogen-bond donors (Lipinski definition) is 1. The van der Waals surface area contributed by atoms with Gasteiger partial charge in [-0.15, -0.1) is 0 Å². The maximum atomic E-state index is 12.1.